The van der Waals surface area contributed by atoms with Crippen LogP contribution in [0.5, 0.6) is 17.2 Å². The van der Waals surface area contributed by atoms with Gasteiger partial charge in [-0.25, -0.2) is 23.5 Å². The molecule has 1 aliphatic carbocycles. The topological polar surface area (TPSA) is 283 Å². The molecule has 486 valence electrons. The third-order valence-electron chi connectivity index (χ3n) is 17.6. The molecule has 0 spiro atoms. The van der Waals surface area contributed by atoms with Crippen LogP contribution in [0.15, 0.2) is 110 Å². The van der Waals surface area contributed by atoms with E-state index in [9.17, 15) is 30.2 Å². The minimum absolute atomic E-state index is 0.0972. The molecule has 12 rings (SSSR count). The number of rotatable bonds is 16. The van der Waals surface area contributed by atoms with Gasteiger partial charge in [-0.3, -0.25) is 19.4 Å². The van der Waals surface area contributed by atoms with Gasteiger partial charge >= 0.3 is 0 Å². The molecule has 23 nitrogen and oxygen atoms in total. The fourth-order valence-corrected chi connectivity index (χ4v) is 12.5. The maximum Gasteiger partial charge on any atom is 0.296 e. The Hall–Kier alpha value is -11.9. The number of pyridine rings is 6. The van der Waals surface area contributed by atoms with Gasteiger partial charge in [-0.05, 0) is 165 Å². The van der Waals surface area contributed by atoms with Gasteiger partial charge < -0.3 is 40.0 Å². The fraction of sp³-hybridized carbons (Fsp3) is 0.342. The van der Waals surface area contributed by atoms with Crippen LogP contribution in [0.4, 0.5) is 11.6 Å². The molecule has 96 heavy (non-hydrogen) atoms. The summed E-state index contributed by atoms with van der Waals surface area (Å²) in [5.41, 5.74) is 9.43. The summed E-state index contributed by atoms with van der Waals surface area (Å²) in [5.74, 6) is 9.59. The van der Waals surface area contributed by atoms with Gasteiger partial charge in [-0.1, -0.05) is 6.07 Å². The number of carbonyl (C=O) groups is 3. The number of aromatic nitrogens is 9. The summed E-state index contributed by atoms with van der Waals surface area (Å²) in [4.78, 5) is 53.0. The number of nitrogens with one attached hydrogen (secondary N) is 3. The predicted molar refractivity (Wildman–Crippen MR) is 363 cm³/mol. The molecule has 23 heteroatoms. The molecular weight excluding hydrogens is 1210 g/mol. The largest absolute Gasteiger partial charge is 0.492 e. The lowest BCUT2D eigenvalue weighted by Crippen LogP contribution is -2.53. The summed E-state index contributed by atoms with van der Waals surface area (Å²) in [7, 11) is 0. The van der Waals surface area contributed by atoms with Crippen LogP contribution in [0.25, 0.3) is 49.9 Å². The van der Waals surface area contributed by atoms with E-state index in [1.54, 1.807) is 56.9 Å². The summed E-state index contributed by atoms with van der Waals surface area (Å²) >= 11 is 0. The zero-order valence-electron chi connectivity index (χ0n) is 54.3. The van der Waals surface area contributed by atoms with Crippen molar-refractivity contribution in [2.24, 2.45) is 5.92 Å². The van der Waals surface area contributed by atoms with Crippen molar-refractivity contribution in [3.8, 4) is 106 Å². The van der Waals surface area contributed by atoms with Crippen LogP contribution in [0.1, 0.15) is 108 Å². The van der Waals surface area contributed by atoms with Crippen molar-refractivity contribution >= 4 is 45.9 Å². The Morgan fingerprint density at radius 1 is 0.521 bits per heavy atom. The highest BCUT2D eigenvalue weighted by Crippen LogP contribution is 2.37. The van der Waals surface area contributed by atoms with Crippen molar-refractivity contribution in [2.75, 3.05) is 55.8 Å². The van der Waals surface area contributed by atoms with Gasteiger partial charge in [-0.2, -0.15) is 31.1 Å². The van der Waals surface area contributed by atoms with Crippen LogP contribution in [-0.2, 0) is 20.8 Å². The second-order valence-corrected chi connectivity index (χ2v) is 24.1. The Balaban J connectivity index is 0.000000157. The van der Waals surface area contributed by atoms with Crippen molar-refractivity contribution < 1.29 is 28.6 Å². The van der Waals surface area contributed by atoms with Crippen molar-refractivity contribution in [1.29, 1.82) is 15.8 Å². The van der Waals surface area contributed by atoms with Gasteiger partial charge in [0, 0.05) is 101 Å². The van der Waals surface area contributed by atoms with Crippen molar-refractivity contribution in [2.45, 2.75) is 110 Å². The molecule has 2 aliphatic heterocycles. The van der Waals surface area contributed by atoms with Crippen LogP contribution in [-0.4, -0.2) is 125 Å². The SMILES string of the molecule is C#CC(=O)NC1(C)CCC(Cc2ccc(-c3cc(OCC)cn4ncc(C#N)c34)cn2)CC1.C#CC(=O)NC1(C)CCN(c2ccc(-c3cc(OCC)cn4ncc(C#N)c34)cn2)CC1.C#CC(=O)NC1CCN(c2ccc(-c3cc(OCC)cn4ncc(C#N)c34)cn2)CC1. The number of nitriles is 3. The lowest BCUT2D eigenvalue weighted by atomic mass is 9.76. The summed E-state index contributed by atoms with van der Waals surface area (Å²) in [6.45, 7) is 14.6. The van der Waals surface area contributed by atoms with Crippen LogP contribution < -0.4 is 40.0 Å². The van der Waals surface area contributed by atoms with Crippen molar-refractivity contribution in [3.63, 3.8) is 0 Å². The van der Waals surface area contributed by atoms with Gasteiger partial charge in [0.25, 0.3) is 17.7 Å². The molecule has 9 aromatic rings. The van der Waals surface area contributed by atoms with E-state index in [-0.39, 0.29) is 34.8 Å². The molecule has 3 N–H and O–H groups in total. The number of anilines is 2. The summed E-state index contributed by atoms with van der Waals surface area (Å²) in [5, 5.41) is 50.1. The Labute approximate surface area is 557 Å². The first-order chi connectivity index (χ1) is 46.5. The summed E-state index contributed by atoms with van der Waals surface area (Å²) < 4.78 is 22.1. The summed E-state index contributed by atoms with van der Waals surface area (Å²) in [6.07, 6.45) is 38.9. The second-order valence-electron chi connectivity index (χ2n) is 24.1. The molecule has 3 aliphatic rings. The molecule has 0 unspecified atom stereocenters. The minimum Gasteiger partial charge on any atom is -0.492 e. The van der Waals surface area contributed by atoms with Gasteiger partial charge in [0.15, 0.2) is 0 Å². The number of terminal acetylenes is 3. The quantitative estimate of drug-likeness (QED) is 0.0760. The van der Waals surface area contributed by atoms with E-state index in [1.807, 2.05) is 88.6 Å². The first-order valence-electron chi connectivity index (χ1n) is 31.9. The fourth-order valence-electron chi connectivity index (χ4n) is 12.5. The third kappa shape index (κ3) is 15.6. The van der Waals surface area contributed by atoms with E-state index < -0.39 is 0 Å². The van der Waals surface area contributed by atoms with Gasteiger partial charge in [-0.15, -0.1) is 19.3 Å². The first kappa shape index (κ1) is 67.0. The molecule has 0 radical (unpaired) electrons. The van der Waals surface area contributed by atoms with Crippen molar-refractivity contribution in [3.05, 3.63) is 133 Å². The molecule has 1 saturated carbocycles. The molecule has 3 fully saturated rings. The zero-order chi connectivity index (χ0) is 67.9. The molecular formula is C73H73N17O6. The highest BCUT2D eigenvalue weighted by molar-refractivity contribution is 5.94. The lowest BCUT2D eigenvalue weighted by Gasteiger charge is -2.40. The van der Waals surface area contributed by atoms with Gasteiger partial charge in [0.05, 0.1) is 90.2 Å². The Morgan fingerprint density at radius 2 is 0.906 bits per heavy atom. The number of hydrogen-bond donors (Lipinski definition) is 3. The van der Waals surface area contributed by atoms with E-state index in [1.165, 1.54) is 0 Å². The Kier molecular flexibility index (Phi) is 21.1. The standard InChI is InChI=1S/C26H27N5O2.C24H24N6O2.C23H22N6O2/c1-4-24(32)30-26(3)10-8-18(9-11-26)12-21-7-6-19(15-28-21)23-13-22(33-5-2)17-31-25(23)20(14-27)16-29-31;1-4-22(31)28-24(3)8-10-29(11-9-24)21-7-6-17(14-26-21)20-12-19(32-5-2)16-30-23(20)18(13-25)15-27-30;1-3-22(30)27-18-7-9-28(10-8-18)21-6-5-16(13-25-21)20-11-19(31-4-2)15-29-23(20)17(12-24)14-26-29/h1,6-7,13,15-18H,5,8-12H2,2-3H3,(H,30,32);1,6-7,12,14-16H,5,8-11H2,2-3H3,(H,28,31);1,5-6,11,13-15,18H,4,7-10H2,2H3,(H,27,30). The van der Waals surface area contributed by atoms with E-state index in [0.29, 0.717) is 59.7 Å². The average Bonchev–Trinajstić information content (AvgIpc) is 1.60. The van der Waals surface area contributed by atoms with Gasteiger partial charge in [0.1, 0.15) is 47.1 Å². The minimum atomic E-state index is -0.374. The number of carbonyl (C=O) groups excluding carboxylic acids is 3. The molecule has 2 saturated heterocycles. The smallest absolute Gasteiger partial charge is 0.296 e. The highest BCUT2D eigenvalue weighted by Gasteiger charge is 2.34. The number of hydrogen-bond acceptors (Lipinski definition) is 17. The normalized spacial score (nSPS) is 16.5. The number of fused-ring (bicyclic) bond motifs is 3. The summed E-state index contributed by atoms with van der Waals surface area (Å²) in [6, 6.07) is 24.5. The lowest BCUT2D eigenvalue weighted by molar-refractivity contribution is -0.118. The molecule has 0 bridgehead atoms. The second kappa shape index (κ2) is 30.2. The van der Waals surface area contributed by atoms with Crippen LogP contribution in [0.2, 0.25) is 0 Å². The maximum absolute atomic E-state index is 11.6. The maximum atomic E-state index is 11.6. The Morgan fingerprint density at radius 3 is 1.26 bits per heavy atom. The monoisotopic (exact) mass is 1280 g/mol. The van der Waals surface area contributed by atoms with E-state index >= 15 is 0 Å². The molecule has 11 heterocycles. The van der Waals surface area contributed by atoms with E-state index in [0.717, 1.165) is 151 Å². The number of piperidine rings is 2. The predicted octanol–water partition coefficient (Wildman–Crippen LogP) is 9.07. The Bertz CT molecular complexity index is 4560. The van der Waals surface area contributed by atoms with E-state index in [4.69, 9.17) is 38.5 Å². The van der Waals surface area contributed by atoms with E-state index in [2.05, 4.69) is 100.0 Å². The van der Waals surface area contributed by atoms with Crippen LogP contribution in [0.3, 0.4) is 0 Å². The first-order valence-corrected chi connectivity index (χ1v) is 31.9. The third-order valence-corrected chi connectivity index (χ3v) is 17.6. The zero-order valence-corrected chi connectivity index (χ0v) is 54.3. The average molecular weight is 1280 g/mol. The number of nitrogens with zero attached hydrogens (tertiary/aromatic N) is 14. The van der Waals surface area contributed by atoms with Crippen molar-refractivity contribution in [1.82, 2.24) is 59.7 Å². The highest BCUT2D eigenvalue weighted by atomic mass is 16.5. The van der Waals surface area contributed by atoms with Crippen LogP contribution in [0, 0.1) is 76.9 Å². The number of amides is 3. The molecule has 9 aromatic heterocycles. The molecule has 3 amide bonds. The number of ether oxygens (including phenoxy) is 3. The van der Waals surface area contributed by atoms with Crippen LogP contribution >= 0.6 is 0 Å². The molecule has 0 aromatic carbocycles. The molecule has 0 atom stereocenters. The van der Waals surface area contributed by atoms with Gasteiger partial charge in [0.2, 0.25) is 0 Å².